The lowest BCUT2D eigenvalue weighted by Crippen LogP contribution is -2.66. The maximum atomic E-state index is 11.9. The summed E-state index contributed by atoms with van der Waals surface area (Å²) in [5.74, 6) is -0.917. The average Bonchev–Trinajstić information content (AvgIpc) is 3.34. The van der Waals surface area contributed by atoms with Gasteiger partial charge in [-0.15, -0.1) is 0 Å². The minimum atomic E-state index is -0.758. The lowest BCUT2D eigenvalue weighted by Gasteiger charge is -2.57. The summed E-state index contributed by atoms with van der Waals surface area (Å²) in [7, 11) is 0. The zero-order valence-corrected chi connectivity index (χ0v) is 15.6. The van der Waals surface area contributed by atoms with Crippen molar-refractivity contribution in [2.75, 3.05) is 13.2 Å². The highest BCUT2D eigenvalue weighted by Crippen LogP contribution is 2.72. The second kappa shape index (κ2) is 5.53. The summed E-state index contributed by atoms with van der Waals surface area (Å²) in [6, 6.07) is 0. The minimum Gasteiger partial charge on any atom is -0.458 e. The number of rotatable bonds is 3. The number of aliphatic hydroxyl groups excluding tert-OH is 1. The molecule has 26 heavy (non-hydrogen) atoms. The van der Waals surface area contributed by atoms with E-state index in [1.165, 1.54) is 19.4 Å². The van der Waals surface area contributed by atoms with Crippen LogP contribution in [0.1, 0.15) is 40.5 Å². The molecule has 7 atom stereocenters. The van der Waals surface area contributed by atoms with Crippen molar-refractivity contribution in [3.05, 3.63) is 11.6 Å². The topological polar surface area (TPSA) is 94.6 Å². The van der Waals surface area contributed by atoms with Crippen molar-refractivity contribution in [1.82, 2.24) is 0 Å². The second-order valence-corrected chi connectivity index (χ2v) is 8.29. The SMILES string of the molecule is CC(=O)OC1[C@@H](OC(C)=O)[C@H]2O[C@@H]3C=C(C)CC[C@]3(CO)C1(C)C21CO1. The van der Waals surface area contributed by atoms with E-state index in [1.54, 1.807) is 0 Å². The van der Waals surface area contributed by atoms with Crippen molar-refractivity contribution in [1.29, 1.82) is 0 Å². The highest BCUT2D eigenvalue weighted by molar-refractivity contribution is 5.68. The van der Waals surface area contributed by atoms with Crippen LogP contribution in [-0.2, 0) is 28.5 Å². The number of allylic oxidation sites excluding steroid dienone is 1. The number of hydrogen-bond acceptors (Lipinski definition) is 7. The van der Waals surface area contributed by atoms with Crippen LogP contribution in [0.3, 0.4) is 0 Å². The minimum absolute atomic E-state index is 0.125. The Hall–Kier alpha value is -1.44. The van der Waals surface area contributed by atoms with Crippen LogP contribution < -0.4 is 0 Å². The van der Waals surface area contributed by atoms with E-state index >= 15 is 0 Å². The van der Waals surface area contributed by atoms with Gasteiger partial charge in [-0.05, 0) is 19.8 Å². The monoisotopic (exact) mass is 366 g/mol. The summed E-state index contributed by atoms with van der Waals surface area (Å²) in [4.78, 5) is 23.6. The predicted octanol–water partition coefficient (Wildman–Crippen LogP) is 1.12. The second-order valence-electron chi connectivity index (χ2n) is 8.29. The van der Waals surface area contributed by atoms with Gasteiger partial charge in [0.25, 0.3) is 0 Å². The van der Waals surface area contributed by atoms with Gasteiger partial charge in [-0.2, -0.15) is 0 Å². The molecule has 1 spiro atoms. The molecule has 7 heteroatoms. The van der Waals surface area contributed by atoms with Crippen molar-refractivity contribution in [3.63, 3.8) is 0 Å². The summed E-state index contributed by atoms with van der Waals surface area (Å²) in [6.07, 6.45) is 1.18. The smallest absolute Gasteiger partial charge is 0.303 e. The number of carbonyl (C=O) groups is 2. The van der Waals surface area contributed by atoms with Crippen LogP contribution in [0.4, 0.5) is 0 Å². The Morgan fingerprint density at radius 1 is 1.31 bits per heavy atom. The van der Waals surface area contributed by atoms with Gasteiger partial charge in [0.2, 0.25) is 0 Å². The Kier molecular flexibility index (Phi) is 3.82. The number of hydrogen-bond donors (Lipinski definition) is 1. The Balaban J connectivity index is 1.88. The van der Waals surface area contributed by atoms with Crippen LogP contribution in [0.2, 0.25) is 0 Å². The molecular weight excluding hydrogens is 340 g/mol. The molecule has 3 unspecified atom stereocenters. The molecular formula is C19H26O7. The molecule has 2 saturated heterocycles. The molecule has 7 nitrogen and oxygen atoms in total. The van der Waals surface area contributed by atoms with Gasteiger partial charge in [-0.3, -0.25) is 9.59 Å². The molecule has 1 N–H and O–H groups in total. The summed E-state index contributed by atoms with van der Waals surface area (Å²) in [5.41, 5.74) is -0.923. The van der Waals surface area contributed by atoms with Crippen molar-refractivity contribution in [2.24, 2.45) is 10.8 Å². The molecule has 2 aliphatic carbocycles. The highest BCUT2D eigenvalue weighted by atomic mass is 16.7. The Bertz CT molecular complexity index is 681. The van der Waals surface area contributed by atoms with Crippen molar-refractivity contribution in [3.8, 4) is 0 Å². The molecule has 2 heterocycles. The summed E-state index contributed by atoms with van der Waals surface area (Å²) < 4.78 is 23.6. The van der Waals surface area contributed by atoms with Crippen LogP contribution in [-0.4, -0.2) is 60.3 Å². The first-order valence-corrected chi connectivity index (χ1v) is 9.14. The van der Waals surface area contributed by atoms with Crippen molar-refractivity contribution in [2.45, 2.75) is 70.6 Å². The average molecular weight is 366 g/mol. The summed E-state index contributed by atoms with van der Waals surface area (Å²) in [5, 5.41) is 10.5. The maximum Gasteiger partial charge on any atom is 0.303 e. The number of aliphatic hydroxyl groups is 1. The van der Waals surface area contributed by atoms with E-state index in [1.807, 2.05) is 19.9 Å². The van der Waals surface area contributed by atoms with Crippen LogP contribution in [0.15, 0.2) is 11.6 Å². The molecule has 0 aromatic carbocycles. The first-order valence-electron chi connectivity index (χ1n) is 9.14. The van der Waals surface area contributed by atoms with E-state index in [0.717, 1.165) is 6.42 Å². The molecule has 2 aliphatic heterocycles. The maximum absolute atomic E-state index is 11.9. The van der Waals surface area contributed by atoms with Gasteiger partial charge in [-0.1, -0.05) is 18.6 Å². The fourth-order valence-corrected chi connectivity index (χ4v) is 5.68. The first-order chi connectivity index (χ1) is 12.2. The molecule has 0 amide bonds. The van der Waals surface area contributed by atoms with E-state index in [0.29, 0.717) is 13.0 Å². The molecule has 0 radical (unpaired) electrons. The van der Waals surface area contributed by atoms with Crippen LogP contribution in [0.5, 0.6) is 0 Å². The third kappa shape index (κ3) is 1.99. The third-order valence-electron chi connectivity index (χ3n) is 7.11. The largest absolute Gasteiger partial charge is 0.458 e. The van der Waals surface area contributed by atoms with Crippen molar-refractivity contribution >= 4 is 11.9 Å². The van der Waals surface area contributed by atoms with E-state index in [2.05, 4.69) is 0 Å². The molecule has 4 aliphatic rings. The number of esters is 2. The first kappa shape index (κ1) is 17.9. The van der Waals surface area contributed by atoms with E-state index in [-0.39, 0.29) is 12.7 Å². The standard InChI is InChI=1S/C19H26O7/c1-10-5-6-18(8-20)13(7-10)26-16-14(24-11(2)21)15(25-12(3)22)17(18,4)19(16)9-23-19/h7,13-16,20H,5-6,8-9H2,1-4H3/t13-,14-,15?,16-,17?,18-,19?/m1/s1. The fraction of sp³-hybridized carbons (Fsp3) is 0.789. The van der Waals surface area contributed by atoms with Gasteiger partial charge in [0.05, 0.1) is 24.7 Å². The van der Waals surface area contributed by atoms with Gasteiger partial charge >= 0.3 is 11.9 Å². The fourth-order valence-electron chi connectivity index (χ4n) is 5.68. The summed E-state index contributed by atoms with van der Waals surface area (Å²) >= 11 is 0. The molecule has 0 aromatic heterocycles. The number of fused-ring (bicyclic) bond motifs is 2. The lowest BCUT2D eigenvalue weighted by atomic mass is 9.51. The molecule has 4 rings (SSSR count). The van der Waals surface area contributed by atoms with Crippen molar-refractivity contribution < 1.29 is 33.6 Å². The quantitative estimate of drug-likeness (QED) is 0.454. The Morgan fingerprint density at radius 3 is 2.50 bits per heavy atom. The Labute approximate surface area is 152 Å². The third-order valence-corrected chi connectivity index (χ3v) is 7.11. The molecule has 144 valence electrons. The van der Waals surface area contributed by atoms with Gasteiger partial charge in [0.1, 0.15) is 11.7 Å². The molecule has 1 saturated carbocycles. The normalized spacial score (nSPS) is 48.6. The van der Waals surface area contributed by atoms with Gasteiger partial charge in [-0.25, -0.2) is 0 Å². The van der Waals surface area contributed by atoms with Gasteiger partial charge in [0.15, 0.2) is 12.2 Å². The van der Waals surface area contributed by atoms with Gasteiger partial charge in [0, 0.05) is 19.3 Å². The Morgan fingerprint density at radius 2 is 1.96 bits per heavy atom. The number of epoxide rings is 1. The van der Waals surface area contributed by atoms with Gasteiger partial charge < -0.3 is 24.1 Å². The summed E-state index contributed by atoms with van der Waals surface area (Å²) in [6.45, 7) is 7.01. The molecule has 0 aromatic rings. The van der Waals surface area contributed by atoms with Crippen LogP contribution in [0, 0.1) is 10.8 Å². The molecule has 3 fully saturated rings. The highest BCUT2D eigenvalue weighted by Gasteiger charge is 2.86. The molecule has 2 bridgehead atoms. The lowest BCUT2D eigenvalue weighted by molar-refractivity contribution is -0.229. The number of carbonyl (C=O) groups excluding carboxylic acids is 2. The number of ether oxygens (including phenoxy) is 4. The van der Waals surface area contributed by atoms with E-state index in [4.69, 9.17) is 18.9 Å². The van der Waals surface area contributed by atoms with E-state index < -0.39 is 46.7 Å². The van der Waals surface area contributed by atoms with E-state index in [9.17, 15) is 14.7 Å². The van der Waals surface area contributed by atoms with Crippen LogP contribution in [0.25, 0.3) is 0 Å². The van der Waals surface area contributed by atoms with Crippen LogP contribution >= 0.6 is 0 Å². The zero-order chi connectivity index (χ0) is 18.9. The predicted molar refractivity (Wildman–Crippen MR) is 89.1 cm³/mol. The zero-order valence-electron chi connectivity index (χ0n) is 15.6.